The number of nitrogens with two attached hydrogens (primary N) is 1. The van der Waals surface area contributed by atoms with Crippen LogP contribution in [0.4, 0.5) is 5.69 Å². The van der Waals surface area contributed by atoms with E-state index in [0.29, 0.717) is 28.0 Å². The van der Waals surface area contributed by atoms with Crippen molar-refractivity contribution >= 4 is 17.3 Å². The summed E-state index contributed by atoms with van der Waals surface area (Å²) in [5, 5.41) is 4.52. The molecule has 5 nitrogen and oxygen atoms in total. The van der Waals surface area contributed by atoms with Gasteiger partial charge in [-0.3, -0.25) is 0 Å². The van der Waals surface area contributed by atoms with Crippen LogP contribution in [0.25, 0.3) is 22.8 Å². The van der Waals surface area contributed by atoms with Gasteiger partial charge in [-0.25, -0.2) is 0 Å². The van der Waals surface area contributed by atoms with Gasteiger partial charge >= 0.3 is 0 Å². The number of methoxy groups -OCH3 is 1. The van der Waals surface area contributed by atoms with Crippen LogP contribution in [0.2, 0.25) is 5.02 Å². The maximum absolute atomic E-state index is 5.96. The highest BCUT2D eigenvalue weighted by molar-refractivity contribution is 6.31. The SMILES string of the molecule is COc1ccc(-c2noc(-c3cc(Cl)ccc3N)n2)cc1. The van der Waals surface area contributed by atoms with E-state index in [1.165, 1.54) is 0 Å². The zero-order valence-corrected chi connectivity index (χ0v) is 12.0. The molecule has 106 valence electrons. The monoisotopic (exact) mass is 301 g/mol. The van der Waals surface area contributed by atoms with Gasteiger partial charge in [0, 0.05) is 16.3 Å². The van der Waals surface area contributed by atoms with Crippen molar-refractivity contribution in [3.8, 4) is 28.6 Å². The topological polar surface area (TPSA) is 74.2 Å². The van der Waals surface area contributed by atoms with Crippen LogP contribution in [0.15, 0.2) is 47.0 Å². The van der Waals surface area contributed by atoms with E-state index in [1.807, 2.05) is 24.3 Å². The molecule has 0 fully saturated rings. The number of benzene rings is 2. The minimum Gasteiger partial charge on any atom is -0.497 e. The van der Waals surface area contributed by atoms with Crippen molar-refractivity contribution in [1.82, 2.24) is 10.1 Å². The molecule has 0 spiro atoms. The van der Waals surface area contributed by atoms with Crippen molar-refractivity contribution < 1.29 is 9.26 Å². The summed E-state index contributed by atoms with van der Waals surface area (Å²) >= 11 is 5.96. The molecule has 2 aromatic carbocycles. The lowest BCUT2D eigenvalue weighted by molar-refractivity contribution is 0.415. The number of anilines is 1. The van der Waals surface area contributed by atoms with E-state index in [0.717, 1.165) is 11.3 Å². The Morgan fingerprint density at radius 3 is 2.62 bits per heavy atom. The maximum atomic E-state index is 5.96. The number of aromatic nitrogens is 2. The van der Waals surface area contributed by atoms with Gasteiger partial charge in [-0.1, -0.05) is 16.8 Å². The molecule has 0 saturated carbocycles. The molecule has 0 aliphatic heterocycles. The highest BCUT2D eigenvalue weighted by Crippen LogP contribution is 2.29. The van der Waals surface area contributed by atoms with Crippen molar-refractivity contribution in [1.29, 1.82) is 0 Å². The first-order valence-corrected chi connectivity index (χ1v) is 6.58. The van der Waals surface area contributed by atoms with Crippen molar-refractivity contribution in [3.05, 3.63) is 47.5 Å². The van der Waals surface area contributed by atoms with Crippen molar-refractivity contribution in [2.24, 2.45) is 0 Å². The summed E-state index contributed by atoms with van der Waals surface area (Å²) in [6, 6.07) is 12.5. The predicted molar refractivity (Wildman–Crippen MR) is 81.1 cm³/mol. The van der Waals surface area contributed by atoms with Crippen LogP contribution in [0.5, 0.6) is 5.75 Å². The summed E-state index contributed by atoms with van der Waals surface area (Å²) in [5.41, 5.74) is 7.88. The molecule has 0 bridgehead atoms. The summed E-state index contributed by atoms with van der Waals surface area (Å²) < 4.78 is 10.4. The minimum absolute atomic E-state index is 0.334. The highest BCUT2D eigenvalue weighted by atomic mass is 35.5. The molecule has 3 rings (SSSR count). The van der Waals surface area contributed by atoms with Crippen LogP contribution in [0.3, 0.4) is 0 Å². The molecular formula is C15H12ClN3O2. The van der Waals surface area contributed by atoms with E-state index < -0.39 is 0 Å². The Labute approximate surface area is 126 Å². The van der Waals surface area contributed by atoms with Gasteiger partial charge < -0.3 is 15.0 Å². The molecule has 0 saturated heterocycles. The normalized spacial score (nSPS) is 10.6. The van der Waals surface area contributed by atoms with Gasteiger partial charge in [0.2, 0.25) is 5.82 Å². The largest absolute Gasteiger partial charge is 0.497 e. The lowest BCUT2D eigenvalue weighted by Crippen LogP contribution is -1.90. The van der Waals surface area contributed by atoms with Crippen LogP contribution >= 0.6 is 11.6 Å². The average Bonchev–Trinajstić information content (AvgIpc) is 2.99. The van der Waals surface area contributed by atoms with Crippen molar-refractivity contribution in [3.63, 3.8) is 0 Å². The van der Waals surface area contributed by atoms with Crippen LogP contribution in [0.1, 0.15) is 0 Å². The molecule has 1 heterocycles. The Hall–Kier alpha value is -2.53. The molecule has 1 aromatic heterocycles. The lowest BCUT2D eigenvalue weighted by Gasteiger charge is -2.00. The second-order valence-electron chi connectivity index (χ2n) is 4.38. The number of hydrogen-bond acceptors (Lipinski definition) is 5. The van der Waals surface area contributed by atoms with Gasteiger partial charge in [-0.15, -0.1) is 0 Å². The van der Waals surface area contributed by atoms with Gasteiger partial charge in [-0.05, 0) is 42.5 Å². The molecule has 0 aliphatic carbocycles. The smallest absolute Gasteiger partial charge is 0.260 e. The minimum atomic E-state index is 0.334. The molecule has 0 unspecified atom stereocenters. The molecule has 0 radical (unpaired) electrons. The van der Waals surface area contributed by atoms with E-state index >= 15 is 0 Å². The van der Waals surface area contributed by atoms with Gasteiger partial charge in [0.05, 0.1) is 12.7 Å². The number of nitrogen functional groups attached to an aromatic ring is 1. The number of ether oxygens (including phenoxy) is 1. The Morgan fingerprint density at radius 2 is 1.90 bits per heavy atom. The van der Waals surface area contributed by atoms with E-state index in [4.69, 9.17) is 26.6 Å². The van der Waals surface area contributed by atoms with Crippen LogP contribution in [-0.2, 0) is 0 Å². The fourth-order valence-corrected chi connectivity index (χ4v) is 2.08. The first kappa shape index (κ1) is 13.5. The van der Waals surface area contributed by atoms with Gasteiger partial charge in [0.15, 0.2) is 0 Å². The van der Waals surface area contributed by atoms with Crippen LogP contribution < -0.4 is 10.5 Å². The van der Waals surface area contributed by atoms with Gasteiger partial charge in [0.25, 0.3) is 5.89 Å². The highest BCUT2D eigenvalue weighted by Gasteiger charge is 2.13. The van der Waals surface area contributed by atoms with E-state index in [1.54, 1.807) is 25.3 Å². The van der Waals surface area contributed by atoms with Crippen molar-refractivity contribution in [2.75, 3.05) is 12.8 Å². The number of nitrogens with zero attached hydrogens (tertiary/aromatic N) is 2. The van der Waals surface area contributed by atoms with Crippen LogP contribution in [0, 0.1) is 0 Å². The lowest BCUT2D eigenvalue weighted by atomic mass is 10.2. The second-order valence-corrected chi connectivity index (χ2v) is 4.82. The number of halogens is 1. The third-order valence-electron chi connectivity index (χ3n) is 3.02. The summed E-state index contributed by atoms with van der Waals surface area (Å²) in [6.07, 6.45) is 0. The standard InChI is InChI=1S/C15H12ClN3O2/c1-20-11-5-2-9(3-6-11)14-18-15(21-19-14)12-8-10(16)4-7-13(12)17/h2-8H,17H2,1H3. The first-order chi connectivity index (χ1) is 10.2. The predicted octanol–water partition coefficient (Wildman–Crippen LogP) is 3.65. The quantitative estimate of drug-likeness (QED) is 0.747. The fraction of sp³-hybridized carbons (Fsp3) is 0.0667. The first-order valence-electron chi connectivity index (χ1n) is 6.21. The summed E-state index contributed by atoms with van der Waals surface area (Å²) in [4.78, 5) is 4.35. The molecule has 0 atom stereocenters. The Balaban J connectivity index is 1.97. The van der Waals surface area contributed by atoms with Crippen LogP contribution in [-0.4, -0.2) is 17.3 Å². The summed E-state index contributed by atoms with van der Waals surface area (Å²) in [5.74, 6) is 1.58. The second kappa shape index (κ2) is 5.46. The average molecular weight is 302 g/mol. The Bertz CT molecular complexity index is 769. The van der Waals surface area contributed by atoms with E-state index in [-0.39, 0.29) is 0 Å². The molecule has 0 amide bonds. The van der Waals surface area contributed by atoms with Gasteiger partial charge in [-0.2, -0.15) is 4.98 Å². The zero-order chi connectivity index (χ0) is 14.8. The molecule has 21 heavy (non-hydrogen) atoms. The summed E-state index contributed by atoms with van der Waals surface area (Å²) in [7, 11) is 1.61. The zero-order valence-electron chi connectivity index (χ0n) is 11.2. The summed E-state index contributed by atoms with van der Waals surface area (Å²) in [6.45, 7) is 0. The van der Waals surface area contributed by atoms with E-state index in [2.05, 4.69) is 10.1 Å². The molecular weight excluding hydrogens is 290 g/mol. The third-order valence-corrected chi connectivity index (χ3v) is 3.26. The number of hydrogen-bond donors (Lipinski definition) is 1. The molecule has 6 heteroatoms. The van der Waals surface area contributed by atoms with Gasteiger partial charge in [0.1, 0.15) is 5.75 Å². The van der Waals surface area contributed by atoms with Crippen molar-refractivity contribution in [2.45, 2.75) is 0 Å². The Morgan fingerprint density at radius 1 is 1.14 bits per heavy atom. The maximum Gasteiger partial charge on any atom is 0.260 e. The number of rotatable bonds is 3. The molecule has 2 N–H and O–H groups in total. The third kappa shape index (κ3) is 2.68. The molecule has 0 aliphatic rings. The Kier molecular flexibility index (Phi) is 3.50. The fourth-order valence-electron chi connectivity index (χ4n) is 1.90. The molecule has 3 aromatic rings. The van der Waals surface area contributed by atoms with E-state index in [9.17, 15) is 0 Å².